The second-order valence-electron chi connectivity index (χ2n) is 4.68. The molecule has 0 radical (unpaired) electrons. The Labute approximate surface area is 107 Å². The zero-order valence-electron chi connectivity index (χ0n) is 10.9. The summed E-state index contributed by atoms with van der Waals surface area (Å²) >= 11 is 0. The zero-order valence-corrected chi connectivity index (χ0v) is 10.9. The smallest absolute Gasteiger partial charge is 0.129 e. The van der Waals surface area contributed by atoms with E-state index in [0.717, 1.165) is 18.4 Å². The van der Waals surface area contributed by atoms with Crippen molar-refractivity contribution in [1.29, 1.82) is 5.41 Å². The van der Waals surface area contributed by atoms with Gasteiger partial charge in [-0.25, -0.2) is 4.39 Å². The summed E-state index contributed by atoms with van der Waals surface area (Å²) in [6.45, 7) is 3.41. The molecule has 0 amide bonds. The highest BCUT2D eigenvalue weighted by Crippen LogP contribution is 2.26. The summed E-state index contributed by atoms with van der Waals surface area (Å²) in [4.78, 5) is 2.01. The molecule has 1 aromatic rings. The lowest BCUT2D eigenvalue weighted by atomic mass is 10.1. The summed E-state index contributed by atoms with van der Waals surface area (Å²) in [5.74, 6) is 0.138. The van der Waals surface area contributed by atoms with Crippen molar-refractivity contribution in [2.45, 2.75) is 32.4 Å². The first-order chi connectivity index (χ1) is 8.67. The molecule has 1 aromatic carbocycles. The first-order valence-corrected chi connectivity index (χ1v) is 6.30. The van der Waals surface area contributed by atoms with Gasteiger partial charge in [0.1, 0.15) is 11.7 Å². The topological polar surface area (TPSA) is 36.3 Å². The third-order valence-electron chi connectivity index (χ3n) is 3.38. The number of hydrogen-bond acceptors (Lipinski definition) is 2. The molecular weight excluding hydrogens is 231 g/mol. The second-order valence-corrected chi connectivity index (χ2v) is 4.68. The van der Waals surface area contributed by atoms with Gasteiger partial charge in [-0.2, -0.15) is 0 Å². The molecule has 0 spiro atoms. The Bertz CT molecular complexity index is 441. The van der Waals surface area contributed by atoms with Crippen molar-refractivity contribution >= 4 is 5.84 Å². The van der Waals surface area contributed by atoms with E-state index in [2.05, 4.69) is 6.92 Å². The van der Waals surface area contributed by atoms with Crippen LogP contribution >= 0.6 is 0 Å². The van der Waals surface area contributed by atoms with Crippen molar-refractivity contribution in [2.75, 3.05) is 13.7 Å². The largest absolute Gasteiger partial charge is 0.383 e. The molecule has 0 fully saturated rings. The molecule has 4 heteroatoms. The molecule has 1 aliphatic rings. The number of halogens is 1. The number of nitrogens with zero attached hydrogens (tertiary/aromatic N) is 1. The molecule has 1 N–H and O–H groups in total. The van der Waals surface area contributed by atoms with Gasteiger partial charge in [0.2, 0.25) is 0 Å². The number of benzene rings is 1. The first-order valence-electron chi connectivity index (χ1n) is 6.30. The number of rotatable bonds is 5. The maximum absolute atomic E-state index is 13.2. The standard InChI is InChI=1S/C14H19FN2O/c1-3-4-12(9-18-2)17-8-10-5-6-11(15)7-13(10)14(17)16/h5-7,12,16H,3-4,8-9H2,1-2H3. The van der Waals surface area contributed by atoms with E-state index in [1.807, 2.05) is 4.90 Å². The summed E-state index contributed by atoms with van der Waals surface area (Å²) in [5.41, 5.74) is 1.74. The zero-order chi connectivity index (χ0) is 13.1. The molecule has 0 aromatic heterocycles. The monoisotopic (exact) mass is 250 g/mol. The quantitative estimate of drug-likeness (QED) is 0.872. The molecule has 0 bridgehead atoms. The van der Waals surface area contributed by atoms with Crippen LogP contribution in [0.15, 0.2) is 18.2 Å². The van der Waals surface area contributed by atoms with Gasteiger partial charge < -0.3 is 9.64 Å². The minimum atomic E-state index is -0.279. The Kier molecular flexibility index (Phi) is 3.97. The number of amidine groups is 1. The van der Waals surface area contributed by atoms with Gasteiger partial charge in [-0.1, -0.05) is 19.4 Å². The predicted molar refractivity (Wildman–Crippen MR) is 69.3 cm³/mol. The summed E-state index contributed by atoms with van der Waals surface area (Å²) < 4.78 is 18.4. The molecule has 98 valence electrons. The van der Waals surface area contributed by atoms with E-state index < -0.39 is 0 Å². The second kappa shape index (κ2) is 5.48. The Hall–Kier alpha value is -1.42. The molecule has 1 aliphatic heterocycles. The number of hydrogen-bond donors (Lipinski definition) is 1. The van der Waals surface area contributed by atoms with E-state index >= 15 is 0 Å². The Morgan fingerprint density at radius 1 is 1.50 bits per heavy atom. The van der Waals surface area contributed by atoms with Crippen LogP contribution in [-0.2, 0) is 11.3 Å². The van der Waals surface area contributed by atoms with Gasteiger partial charge in [0.15, 0.2) is 0 Å². The molecule has 0 saturated heterocycles. The number of nitrogens with one attached hydrogen (secondary N) is 1. The van der Waals surface area contributed by atoms with Crippen molar-refractivity contribution in [3.63, 3.8) is 0 Å². The van der Waals surface area contributed by atoms with Gasteiger partial charge in [-0.15, -0.1) is 0 Å². The van der Waals surface area contributed by atoms with Crippen molar-refractivity contribution in [3.8, 4) is 0 Å². The average molecular weight is 250 g/mol. The minimum absolute atomic E-state index is 0.197. The highest BCUT2D eigenvalue weighted by atomic mass is 19.1. The van der Waals surface area contributed by atoms with Gasteiger partial charge in [0.25, 0.3) is 0 Å². The van der Waals surface area contributed by atoms with E-state index in [9.17, 15) is 4.39 Å². The SMILES string of the molecule is CCCC(COC)N1Cc2ccc(F)cc2C1=N. The lowest BCUT2D eigenvalue weighted by Crippen LogP contribution is -2.38. The highest BCUT2D eigenvalue weighted by molar-refractivity contribution is 6.00. The summed E-state index contributed by atoms with van der Waals surface area (Å²) in [6, 6.07) is 4.88. The minimum Gasteiger partial charge on any atom is -0.383 e. The van der Waals surface area contributed by atoms with Crippen LogP contribution in [0.2, 0.25) is 0 Å². The Balaban J connectivity index is 2.21. The molecule has 1 heterocycles. The lowest BCUT2D eigenvalue weighted by Gasteiger charge is -2.28. The lowest BCUT2D eigenvalue weighted by molar-refractivity contribution is 0.121. The van der Waals surface area contributed by atoms with Crippen LogP contribution < -0.4 is 0 Å². The van der Waals surface area contributed by atoms with Gasteiger partial charge in [-0.3, -0.25) is 5.41 Å². The maximum atomic E-state index is 13.2. The van der Waals surface area contributed by atoms with Crippen LogP contribution in [-0.4, -0.2) is 30.5 Å². The van der Waals surface area contributed by atoms with Crippen molar-refractivity contribution in [1.82, 2.24) is 4.90 Å². The van der Waals surface area contributed by atoms with Crippen LogP contribution in [0.25, 0.3) is 0 Å². The molecule has 18 heavy (non-hydrogen) atoms. The van der Waals surface area contributed by atoms with Crippen LogP contribution in [0.3, 0.4) is 0 Å². The summed E-state index contributed by atoms with van der Waals surface area (Å²) in [7, 11) is 1.68. The third-order valence-corrected chi connectivity index (χ3v) is 3.38. The average Bonchev–Trinajstić information content (AvgIpc) is 2.67. The van der Waals surface area contributed by atoms with E-state index in [1.54, 1.807) is 13.2 Å². The van der Waals surface area contributed by atoms with Gasteiger partial charge >= 0.3 is 0 Å². The van der Waals surface area contributed by atoms with Gasteiger partial charge in [-0.05, 0) is 24.1 Å². The fourth-order valence-electron chi connectivity index (χ4n) is 2.49. The maximum Gasteiger partial charge on any atom is 0.129 e. The van der Waals surface area contributed by atoms with Crippen molar-refractivity contribution in [3.05, 3.63) is 35.1 Å². The molecular formula is C14H19FN2O. The van der Waals surface area contributed by atoms with Gasteiger partial charge in [0.05, 0.1) is 12.6 Å². The fraction of sp³-hybridized carbons (Fsp3) is 0.500. The van der Waals surface area contributed by atoms with Crippen LogP contribution in [0.5, 0.6) is 0 Å². The van der Waals surface area contributed by atoms with Crippen LogP contribution in [0.1, 0.15) is 30.9 Å². The normalized spacial score (nSPS) is 15.9. The van der Waals surface area contributed by atoms with Crippen LogP contribution in [0, 0.1) is 11.2 Å². The molecule has 0 aliphatic carbocycles. The van der Waals surface area contributed by atoms with E-state index in [0.29, 0.717) is 24.6 Å². The van der Waals surface area contributed by atoms with Crippen LogP contribution in [0.4, 0.5) is 4.39 Å². The first kappa shape index (κ1) is 13.0. The fourth-order valence-corrected chi connectivity index (χ4v) is 2.49. The number of ether oxygens (including phenoxy) is 1. The molecule has 1 atom stereocenters. The Morgan fingerprint density at radius 2 is 2.28 bits per heavy atom. The predicted octanol–water partition coefficient (Wildman–Crippen LogP) is 2.78. The van der Waals surface area contributed by atoms with E-state index in [4.69, 9.17) is 10.1 Å². The van der Waals surface area contributed by atoms with E-state index in [-0.39, 0.29) is 11.9 Å². The van der Waals surface area contributed by atoms with Gasteiger partial charge in [0, 0.05) is 19.2 Å². The molecule has 2 rings (SSSR count). The highest BCUT2D eigenvalue weighted by Gasteiger charge is 2.29. The molecule has 0 saturated carbocycles. The molecule has 3 nitrogen and oxygen atoms in total. The van der Waals surface area contributed by atoms with E-state index in [1.165, 1.54) is 12.1 Å². The number of fused-ring (bicyclic) bond motifs is 1. The summed E-state index contributed by atoms with van der Waals surface area (Å²) in [6.07, 6.45) is 2.02. The van der Waals surface area contributed by atoms with Crippen molar-refractivity contribution < 1.29 is 9.13 Å². The van der Waals surface area contributed by atoms with Crippen molar-refractivity contribution in [2.24, 2.45) is 0 Å². The summed E-state index contributed by atoms with van der Waals surface area (Å²) in [5, 5.41) is 8.18. The molecule has 1 unspecified atom stereocenters. The number of methoxy groups -OCH3 is 1. The third kappa shape index (κ3) is 2.38. The Morgan fingerprint density at radius 3 is 2.94 bits per heavy atom.